The van der Waals surface area contributed by atoms with Crippen LogP contribution in [0.3, 0.4) is 0 Å². The number of hydrogen-bond acceptors (Lipinski definition) is 3. The van der Waals surface area contributed by atoms with Crippen LogP contribution in [0.15, 0.2) is 0 Å². The van der Waals surface area contributed by atoms with Crippen LogP contribution in [-0.2, 0) is 9.53 Å². The molecule has 0 aromatic heterocycles. The van der Waals surface area contributed by atoms with Gasteiger partial charge in [0.2, 0.25) is 0 Å². The molecule has 2 atom stereocenters. The van der Waals surface area contributed by atoms with Gasteiger partial charge < -0.3 is 15.0 Å². The molecule has 0 aliphatic carbocycles. The number of rotatable bonds is 1. The molecule has 0 saturated carbocycles. The van der Waals surface area contributed by atoms with Crippen LogP contribution >= 0.6 is 0 Å². The number of amides is 1. The van der Waals surface area contributed by atoms with E-state index in [1.165, 1.54) is 0 Å². The molecule has 4 heteroatoms. The van der Waals surface area contributed by atoms with Crippen LogP contribution in [0.1, 0.15) is 26.7 Å². The van der Waals surface area contributed by atoms with Crippen molar-refractivity contribution in [3.8, 4) is 0 Å². The van der Waals surface area contributed by atoms with Crippen LogP contribution in [-0.4, -0.2) is 48.7 Å². The second kappa shape index (κ2) is 4.10. The lowest BCUT2D eigenvalue weighted by atomic mass is 10.00. The van der Waals surface area contributed by atoms with E-state index in [1.54, 1.807) is 0 Å². The average Bonchev–Trinajstić information content (AvgIpc) is 2.65. The summed E-state index contributed by atoms with van der Waals surface area (Å²) in [6, 6.07) is 0.396. The molecule has 1 unspecified atom stereocenters. The van der Waals surface area contributed by atoms with Crippen molar-refractivity contribution >= 4 is 5.91 Å². The molecule has 0 aromatic carbocycles. The maximum Gasteiger partial charge on any atom is 0.254 e. The minimum Gasteiger partial charge on any atom is -0.365 e. The standard InChI is InChI=1S/C11H20N2O2/c1-9-8-13(6-5-12-9)10(14)11(2)4-3-7-15-11/h9,12H,3-8H2,1-2H3/t9-,11?/m1/s1. The fraction of sp³-hybridized carbons (Fsp3) is 0.909. The van der Waals surface area contributed by atoms with Gasteiger partial charge in [0.05, 0.1) is 0 Å². The number of piperazine rings is 1. The summed E-state index contributed by atoms with van der Waals surface area (Å²) in [6.45, 7) is 7.26. The number of carbonyl (C=O) groups is 1. The quantitative estimate of drug-likeness (QED) is 0.683. The lowest BCUT2D eigenvalue weighted by molar-refractivity contribution is -0.152. The van der Waals surface area contributed by atoms with Crippen molar-refractivity contribution in [2.45, 2.75) is 38.3 Å². The third kappa shape index (κ3) is 2.16. The summed E-state index contributed by atoms with van der Waals surface area (Å²) >= 11 is 0. The first kappa shape index (κ1) is 10.9. The summed E-state index contributed by atoms with van der Waals surface area (Å²) in [6.07, 6.45) is 1.87. The van der Waals surface area contributed by atoms with E-state index in [0.29, 0.717) is 6.04 Å². The highest BCUT2D eigenvalue weighted by molar-refractivity contribution is 5.85. The number of nitrogens with one attached hydrogen (secondary N) is 1. The second-order valence-electron chi connectivity index (χ2n) is 4.79. The van der Waals surface area contributed by atoms with Gasteiger partial charge in [-0.05, 0) is 26.7 Å². The molecule has 2 aliphatic heterocycles. The molecule has 2 heterocycles. The van der Waals surface area contributed by atoms with E-state index in [9.17, 15) is 4.79 Å². The molecule has 1 N–H and O–H groups in total. The van der Waals surface area contributed by atoms with Crippen molar-refractivity contribution < 1.29 is 9.53 Å². The van der Waals surface area contributed by atoms with Crippen molar-refractivity contribution in [1.82, 2.24) is 10.2 Å². The molecule has 2 saturated heterocycles. The molecule has 2 fully saturated rings. The molecule has 0 aromatic rings. The van der Waals surface area contributed by atoms with Crippen LogP contribution in [0, 0.1) is 0 Å². The summed E-state index contributed by atoms with van der Waals surface area (Å²) in [4.78, 5) is 14.2. The van der Waals surface area contributed by atoms with Crippen molar-refractivity contribution in [3.05, 3.63) is 0 Å². The summed E-state index contributed by atoms with van der Waals surface area (Å²) < 4.78 is 5.58. The monoisotopic (exact) mass is 212 g/mol. The highest BCUT2D eigenvalue weighted by Gasteiger charge is 2.41. The first-order chi connectivity index (χ1) is 7.12. The number of ether oxygens (including phenoxy) is 1. The molecule has 0 spiro atoms. The summed E-state index contributed by atoms with van der Waals surface area (Å²) in [5, 5.41) is 3.34. The highest BCUT2D eigenvalue weighted by atomic mass is 16.5. The van der Waals surface area contributed by atoms with Gasteiger partial charge in [0.25, 0.3) is 5.91 Å². The van der Waals surface area contributed by atoms with Crippen LogP contribution < -0.4 is 5.32 Å². The molecule has 0 bridgehead atoms. The van der Waals surface area contributed by atoms with Crippen molar-refractivity contribution in [2.24, 2.45) is 0 Å². The van der Waals surface area contributed by atoms with Crippen molar-refractivity contribution in [2.75, 3.05) is 26.2 Å². The smallest absolute Gasteiger partial charge is 0.254 e. The fourth-order valence-electron chi connectivity index (χ4n) is 2.40. The predicted octanol–water partition coefficient (Wildman–Crippen LogP) is 0.376. The molecule has 2 aliphatic rings. The highest BCUT2D eigenvalue weighted by Crippen LogP contribution is 2.27. The molecular weight excluding hydrogens is 192 g/mol. The zero-order chi connectivity index (χ0) is 10.9. The van der Waals surface area contributed by atoms with Gasteiger partial charge in [0.1, 0.15) is 5.60 Å². The van der Waals surface area contributed by atoms with E-state index < -0.39 is 5.60 Å². The third-order valence-electron chi connectivity index (χ3n) is 3.33. The van der Waals surface area contributed by atoms with Gasteiger partial charge in [0.15, 0.2) is 0 Å². The molecule has 1 amide bonds. The Labute approximate surface area is 91.0 Å². The zero-order valence-corrected chi connectivity index (χ0v) is 9.58. The Kier molecular flexibility index (Phi) is 2.98. The molecule has 15 heavy (non-hydrogen) atoms. The SMILES string of the molecule is C[C@@H]1CN(C(=O)C2(C)CCCO2)CCN1. The van der Waals surface area contributed by atoms with Gasteiger partial charge in [0, 0.05) is 32.3 Å². The van der Waals surface area contributed by atoms with Crippen LogP contribution in [0.5, 0.6) is 0 Å². The maximum absolute atomic E-state index is 12.2. The van der Waals surface area contributed by atoms with Gasteiger partial charge in [-0.25, -0.2) is 0 Å². The average molecular weight is 212 g/mol. The van der Waals surface area contributed by atoms with Crippen LogP contribution in [0.4, 0.5) is 0 Å². The van der Waals surface area contributed by atoms with Crippen LogP contribution in [0.25, 0.3) is 0 Å². The first-order valence-corrected chi connectivity index (χ1v) is 5.78. The molecular formula is C11H20N2O2. The first-order valence-electron chi connectivity index (χ1n) is 5.78. The Bertz CT molecular complexity index is 249. The predicted molar refractivity (Wildman–Crippen MR) is 57.6 cm³/mol. The maximum atomic E-state index is 12.2. The molecule has 2 rings (SSSR count). The third-order valence-corrected chi connectivity index (χ3v) is 3.33. The molecule has 86 valence electrons. The largest absolute Gasteiger partial charge is 0.365 e. The Morgan fingerprint density at radius 3 is 3.00 bits per heavy atom. The Balaban J connectivity index is 2.00. The lowest BCUT2D eigenvalue weighted by Crippen LogP contribution is -2.56. The van der Waals surface area contributed by atoms with E-state index in [-0.39, 0.29) is 5.91 Å². The summed E-state index contributed by atoms with van der Waals surface area (Å²) in [7, 11) is 0. The molecule has 0 radical (unpaired) electrons. The van der Waals surface area contributed by atoms with E-state index >= 15 is 0 Å². The van der Waals surface area contributed by atoms with E-state index in [1.807, 2.05) is 11.8 Å². The van der Waals surface area contributed by atoms with Gasteiger partial charge in [-0.1, -0.05) is 0 Å². The zero-order valence-electron chi connectivity index (χ0n) is 9.58. The molecule has 4 nitrogen and oxygen atoms in total. The second-order valence-corrected chi connectivity index (χ2v) is 4.79. The van der Waals surface area contributed by atoms with E-state index in [4.69, 9.17) is 4.74 Å². The minimum absolute atomic E-state index is 0.174. The normalized spacial score (nSPS) is 36.9. The summed E-state index contributed by atoms with van der Waals surface area (Å²) in [5.41, 5.74) is -0.545. The summed E-state index contributed by atoms with van der Waals surface area (Å²) in [5.74, 6) is 0.174. The van der Waals surface area contributed by atoms with E-state index in [2.05, 4.69) is 12.2 Å². The number of carbonyl (C=O) groups excluding carboxylic acids is 1. The lowest BCUT2D eigenvalue weighted by Gasteiger charge is -2.36. The van der Waals surface area contributed by atoms with Gasteiger partial charge in [-0.15, -0.1) is 0 Å². The van der Waals surface area contributed by atoms with Gasteiger partial charge in [-0.2, -0.15) is 0 Å². The number of nitrogens with zero attached hydrogens (tertiary/aromatic N) is 1. The fourth-order valence-corrected chi connectivity index (χ4v) is 2.40. The Hall–Kier alpha value is -0.610. The van der Waals surface area contributed by atoms with Crippen LogP contribution in [0.2, 0.25) is 0 Å². The van der Waals surface area contributed by atoms with Gasteiger partial charge >= 0.3 is 0 Å². The van der Waals surface area contributed by atoms with E-state index in [0.717, 1.165) is 39.1 Å². The van der Waals surface area contributed by atoms with Crippen molar-refractivity contribution in [3.63, 3.8) is 0 Å². The van der Waals surface area contributed by atoms with Crippen molar-refractivity contribution in [1.29, 1.82) is 0 Å². The Morgan fingerprint density at radius 1 is 1.60 bits per heavy atom. The Morgan fingerprint density at radius 2 is 2.40 bits per heavy atom. The topological polar surface area (TPSA) is 41.6 Å². The van der Waals surface area contributed by atoms with Gasteiger partial charge in [-0.3, -0.25) is 4.79 Å². The number of hydrogen-bond donors (Lipinski definition) is 1. The minimum atomic E-state index is -0.545.